The van der Waals surface area contributed by atoms with Crippen LogP contribution in [0.25, 0.3) is 0 Å². The van der Waals surface area contributed by atoms with Gasteiger partial charge < -0.3 is 15.5 Å². The average Bonchev–Trinajstić information content (AvgIpc) is 2.49. The van der Waals surface area contributed by atoms with E-state index in [1.165, 1.54) is 19.3 Å². The van der Waals surface area contributed by atoms with Gasteiger partial charge in [-0.15, -0.1) is 0 Å². The molecular formula is C16H26N4O. The lowest BCUT2D eigenvalue weighted by Gasteiger charge is -2.27. The average molecular weight is 290 g/mol. The summed E-state index contributed by atoms with van der Waals surface area (Å²) in [6.07, 6.45) is 6.01. The highest BCUT2D eigenvalue weighted by Crippen LogP contribution is 2.19. The van der Waals surface area contributed by atoms with Gasteiger partial charge >= 0.3 is 0 Å². The maximum absolute atomic E-state index is 11.9. The third-order valence-electron chi connectivity index (χ3n) is 3.76. The summed E-state index contributed by atoms with van der Waals surface area (Å²) in [4.78, 5) is 18.7. The summed E-state index contributed by atoms with van der Waals surface area (Å²) in [7, 11) is 0. The van der Waals surface area contributed by atoms with E-state index in [2.05, 4.69) is 20.5 Å². The van der Waals surface area contributed by atoms with Crippen LogP contribution in [0.1, 0.15) is 39.5 Å². The van der Waals surface area contributed by atoms with Crippen LogP contribution in [-0.4, -0.2) is 36.6 Å². The van der Waals surface area contributed by atoms with Crippen LogP contribution in [0.4, 0.5) is 11.5 Å². The number of nitrogens with zero attached hydrogens (tertiary/aromatic N) is 2. The fraction of sp³-hybridized carbons (Fsp3) is 0.625. The lowest BCUT2D eigenvalue weighted by molar-refractivity contribution is -0.116. The van der Waals surface area contributed by atoms with Crippen molar-refractivity contribution >= 4 is 17.4 Å². The molecule has 5 heteroatoms. The van der Waals surface area contributed by atoms with Crippen molar-refractivity contribution in [1.29, 1.82) is 0 Å². The van der Waals surface area contributed by atoms with Crippen LogP contribution in [0, 0.1) is 0 Å². The van der Waals surface area contributed by atoms with E-state index < -0.39 is 0 Å². The first-order valence-electron chi connectivity index (χ1n) is 7.93. The third kappa shape index (κ3) is 5.01. The van der Waals surface area contributed by atoms with Gasteiger partial charge in [0, 0.05) is 25.6 Å². The van der Waals surface area contributed by atoms with Gasteiger partial charge in [-0.25, -0.2) is 4.98 Å². The number of amides is 1. The van der Waals surface area contributed by atoms with Crippen LogP contribution >= 0.6 is 0 Å². The highest BCUT2D eigenvalue weighted by molar-refractivity contribution is 5.91. The molecule has 1 unspecified atom stereocenters. The van der Waals surface area contributed by atoms with Gasteiger partial charge in [0.2, 0.25) is 5.91 Å². The second-order valence-electron chi connectivity index (χ2n) is 5.66. The molecule has 116 valence electrons. The number of hydrogen-bond donors (Lipinski definition) is 2. The van der Waals surface area contributed by atoms with Crippen LogP contribution < -0.4 is 15.5 Å². The smallest absolute Gasteiger partial charge is 0.225 e. The monoisotopic (exact) mass is 290 g/mol. The Labute approximate surface area is 127 Å². The zero-order valence-corrected chi connectivity index (χ0v) is 13.1. The molecule has 5 nitrogen and oxygen atoms in total. The van der Waals surface area contributed by atoms with Crippen LogP contribution in [-0.2, 0) is 4.79 Å². The molecule has 1 aromatic heterocycles. The molecule has 1 aliphatic heterocycles. The zero-order chi connectivity index (χ0) is 15.1. The summed E-state index contributed by atoms with van der Waals surface area (Å²) in [6.45, 7) is 7.09. The van der Waals surface area contributed by atoms with Gasteiger partial charge in [0.25, 0.3) is 0 Å². The van der Waals surface area contributed by atoms with Crippen molar-refractivity contribution in [3.63, 3.8) is 0 Å². The SMILES string of the molecule is CCNC(C)CC(=O)Nc1ccc(N2CCCCC2)nc1. The van der Waals surface area contributed by atoms with Gasteiger partial charge in [-0.2, -0.15) is 0 Å². The van der Waals surface area contributed by atoms with E-state index in [0.29, 0.717) is 6.42 Å². The molecule has 0 aliphatic carbocycles. The number of anilines is 2. The molecule has 0 radical (unpaired) electrons. The fourth-order valence-corrected chi connectivity index (χ4v) is 2.68. The largest absolute Gasteiger partial charge is 0.357 e. The molecule has 2 heterocycles. The number of carbonyl (C=O) groups excluding carboxylic acids is 1. The van der Waals surface area contributed by atoms with Crippen molar-refractivity contribution in [3.05, 3.63) is 18.3 Å². The highest BCUT2D eigenvalue weighted by atomic mass is 16.1. The molecule has 0 aromatic carbocycles. The van der Waals surface area contributed by atoms with E-state index in [-0.39, 0.29) is 11.9 Å². The number of nitrogens with one attached hydrogen (secondary N) is 2. The van der Waals surface area contributed by atoms with Gasteiger partial charge in [0.05, 0.1) is 11.9 Å². The Bertz CT molecular complexity index is 440. The molecule has 1 aromatic rings. The van der Waals surface area contributed by atoms with Crippen molar-refractivity contribution in [2.24, 2.45) is 0 Å². The first-order valence-corrected chi connectivity index (χ1v) is 7.93. The lowest BCUT2D eigenvalue weighted by atomic mass is 10.1. The quantitative estimate of drug-likeness (QED) is 0.844. The Balaban J connectivity index is 1.85. The number of hydrogen-bond acceptors (Lipinski definition) is 4. The Morgan fingerprint density at radius 3 is 2.71 bits per heavy atom. The molecule has 1 fully saturated rings. The van der Waals surface area contributed by atoms with Gasteiger partial charge in [0.1, 0.15) is 5.82 Å². The maximum Gasteiger partial charge on any atom is 0.225 e. The topological polar surface area (TPSA) is 57.3 Å². The first-order chi connectivity index (χ1) is 10.2. The number of piperidine rings is 1. The molecule has 0 bridgehead atoms. The second-order valence-corrected chi connectivity index (χ2v) is 5.66. The number of carbonyl (C=O) groups is 1. The Kier molecular flexibility index (Phi) is 5.99. The zero-order valence-electron chi connectivity index (χ0n) is 13.1. The minimum atomic E-state index is 0.0240. The van der Waals surface area contributed by atoms with E-state index in [9.17, 15) is 4.79 Å². The van der Waals surface area contributed by atoms with E-state index in [0.717, 1.165) is 31.1 Å². The number of aromatic nitrogens is 1. The summed E-state index contributed by atoms with van der Waals surface area (Å²) in [5.41, 5.74) is 0.768. The molecular weight excluding hydrogens is 264 g/mol. The molecule has 0 saturated carbocycles. The van der Waals surface area contributed by atoms with E-state index in [4.69, 9.17) is 0 Å². The minimum Gasteiger partial charge on any atom is -0.357 e. The standard InChI is InChI=1S/C16H26N4O/c1-3-17-13(2)11-16(21)19-14-7-8-15(18-12-14)20-9-5-4-6-10-20/h7-8,12-13,17H,3-6,9-11H2,1-2H3,(H,19,21). The van der Waals surface area contributed by atoms with Crippen molar-refractivity contribution in [1.82, 2.24) is 10.3 Å². The summed E-state index contributed by atoms with van der Waals surface area (Å²) >= 11 is 0. The Morgan fingerprint density at radius 1 is 1.33 bits per heavy atom. The van der Waals surface area contributed by atoms with Gasteiger partial charge in [0.15, 0.2) is 0 Å². The third-order valence-corrected chi connectivity index (χ3v) is 3.76. The summed E-state index contributed by atoms with van der Waals surface area (Å²) < 4.78 is 0. The minimum absolute atomic E-state index is 0.0240. The summed E-state index contributed by atoms with van der Waals surface area (Å²) in [5, 5.41) is 6.13. The van der Waals surface area contributed by atoms with Crippen LogP contribution in [0.5, 0.6) is 0 Å². The predicted octanol–water partition coefficient (Wildman–Crippen LogP) is 2.40. The van der Waals surface area contributed by atoms with E-state index >= 15 is 0 Å². The van der Waals surface area contributed by atoms with Crippen molar-refractivity contribution in [2.75, 3.05) is 29.9 Å². The maximum atomic E-state index is 11.9. The Hall–Kier alpha value is -1.62. The fourth-order valence-electron chi connectivity index (χ4n) is 2.68. The van der Waals surface area contributed by atoms with Gasteiger partial charge in [-0.05, 0) is 44.9 Å². The Morgan fingerprint density at radius 2 is 2.10 bits per heavy atom. The summed E-state index contributed by atoms with van der Waals surface area (Å²) in [5.74, 6) is 1.03. The molecule has 1 aliphatic rings. The molecule has 2 rings (SSSR count). The van der Waals surface area contributed by atoms with Gasteiger partial charge in [-0.3, -0.25) is 4.79 Å². The molecule has 21 heavy (non-hydrogen) atoms. The predicted molar refractivity (Wildman–Crippen MR) is 86.7 cm³/mol. The summed E-state index contributed by atoms with van der Waals surface area (Å²) in [6, 6.07) is 4.12. The molecule has 1 amide bonds. The van der Waals surface area contributed by atoms with Crippen molar-refractivity contribution in [3.8, 4) is 0 Å². The van der Waals surface area contributed by atoms with E-state index in [1.54, 1.807) is 6.20 Å². The van der Waals surface area contributed by atoms with Crippen molar-refractivity contribution in [2.45, 2.75) is 45.6 Å². The van der Waals surface area contributed by atoms with Crippen LogP contribution in [0.3, 0.4) is 0 Å². The number of rotatable bonds is 6. The van der Waals surface area contributed by atoms with Crippen LogP contribution in [0.2, 0.25) is 0 Å². The van der Waals surface area contributed by atoms with Crippen LogP contribution in [0.15, 0.2) is 18.3 Å². The first kappa shape index (κ1) is 15.8. The normalized spacial score (nSPS) is 16.6. The lowest BCUT2D eigenvalue weighted by Crippen LogP contribution is -2.30. The molecule has 0 spiro atoms. The molecule has 1 atom stereocenters. The van der Waals surface area contributed by atoms with E-state index in [1.807, 2.05) is 26.0 Å². The molecule has 2 N–H and O–H groups in total. The number of pyridine rings is 1. The van der Waals surface area contributed by atoms with Gasteiger partial charge in [-0.1, -0.05) is 6.92 Å². The van der Waals surface area contributed by atoms with Crippen molar-refractivity contribution < 1.29 is 4.79 Å². The molecule has 1 saturated heterocycles. The second kappa shape index (κ2) is 7.98. The highest BCUT2D eigenvalue weighted by Gasteiger charge is 2.12.